The van der Waals surface area contributed by atoms with E-state index in [9.17, 15) is 4.79 Å². The summed E-state index contributed by atoms with van der Waals surface area (Å²) in [7, 11) is 1.90. The van der Waals surface area contributed by atoms with Crippen LogP contribution < -0.4 is 5.32 Å². The highest BCUT2D eigenvalue weighted by Gasteiger charge is 2.21. The van der Waals surface area contributed by atoms with Crippen LogP contribution in [0.5, 0.6) is 0 Å². The predicted octanol–water partition coefficient (Wildman–Crippen LogP) is 4.93. The van der Waals surface area contributed by atoms with Gasteiger partial charge in [-0.3, -0.25) is 9.36 Å². The third-order valence-corrected chi connectivity index (χ3v) is 5.71. The molecule has 0 aliphatic rings. The highest BCUT2D eigenvalue weighted by molar-refractivity contribution is 6.30. The van der Waals surface area contributed by atoms with Crippen molar-refractivity contribution in [1.82, 2.24) is 24.4 Å². The second-order valence-corrected chi connectivity index (χ2v) is 7.94. The fraction of sp³-hybridized carbons (Fsp3) is 0.0800. The number of nitrogens with one attached hydrogen (secondary N) is 1. The molecule has 158 valence electrons. The number of aromatic nitrogens is 4. The lowest BCUT2D eigenvalue weighted by molar-refractivity contribution is 0.0941. The van der Waals surface area contributed by atoms with Crippen LogP contribution in [0.4, 0.5) is 0 Å². The molecule has 0 saturated carbocycles. The molecule has 0 saturated heterocycles. The monoisotopic (exact) mass is 441 g/mol. The van der Waals surface area contributed by atoms with E-state index in [1.54, 1.807) is 12.5 Å². The van der Waals surface area contributed by atoms with Crippen LogP contribution in [0.1, 0.15) is 27.8 Å². The van der Waals surface area contributed by atoms with Crippen LogP contribution in [0, 0.1) is 0 Å². The number of carbonyl (C=O) groups excluding carboxylic acids is 1. The molecular weight excluding hydrogens is 422 g/mol. The molecule has 2 heterocycles. The van der Waals surface area contributed by atoms with Crippen molar-refractivity contribution >= 4 is 28.5 Å². The highest BCUT2D eigenvalue weighted by Crippen LogP contribution is 2.23. The standard InChI is InChI=1S/C25H20ClN5O/c1-30-15-14-27-24(30)23(17-6-10-19(26)11-7-17)29-25(32)18-8-12-20(13-9-18)31-16-28-21-4-2-3-5-22(21)31/h2-16,23H,1H3,(H,29,32). The first-order chi connectivity index (χ1) is 15.6. The number of imidazole rings is 2. The van der Waals surface area contributed by atoms with Gasteiger partial charge in [0.05, 0.1) is 11.0 Å². The first kappa shape index (κ1) is 20.0. The van der Waals surface area contributed by atoms with E-state index in [1.807, 2.05) is 95.2 Å². The Morgan fingerprint density at radius 1 is 0.969 bits per heavy atom. The van der Waals surface area contributed by atoms with E-state index in [1.165, 1.54) is 0 Å². The molecule has 2 aromatic heterocycles. The summed E-state index contributed by atoms with van der Waals surface area (Å²) in [5, 5.41) is 3.75. The van der Waals surface area contributed by atoms with E-state index in [0.29, 0.717) is 10.6 Å². The summed E-state index contributed by atoms with van der Waals surface area (Å²) in [6, 6.07) is 22.4. The van der Waals surface area contributed by atoms with Gasteiger partial charge in [-0.15, -0.1) is 0 Å². The molecule has 1 N–H and O–H groups in total. The summed E-state index contributed by atoms with van der Waals surface area (Å²) in [6.45, 7) is 0. The number of carbonyl (C=O) groups is 1. The summed E-state index contributed by atoms with van der Waals surface area (Å²) >= 11 is 6.05. The second kappa shape index (κ2) is 8.32. The van der Waals surface area contributed by atoms with Gasteiger partial charge < -0.3 is 9.88 Å². The fourth-order valence-corrected chi connectivity index (χ4v) is 3.89. The summed E-state index contributed by atoms with van der Waals surface area (Å²) in [6.07, 6.45) is 5.36. The van der Waals surface area contributed by atoms with Crippen LogP contribution in [-0.2, 0) is 7.05 Å². The van der Waals surface area contributed by atoms with Gasteiger partial charge in [-0.25, -0.2) is 9.97 Å². The summed E-state index contributed by atoms with van der Waals surface area (Å²) < 4.78 is 3.90. The Balaban J connectivity index is 1.42. The Bertz CT molecular complexity index is 1390. The molecule has 0 bridgehead atoms. The maximum atomic E-state index is 13.1. The van der Waals surface area contributed by atoms with Crippen LogP contribution in [0.3, 0.4) is 0 Å². The number of hydrogen-bond acceptors (Lipinski definition) is 3. The second-order valence-electron chi connectivity index (χ2n) is 7.50. The number of nitrogens with zero attached hydrogens (tertiary/aromatic N) is 4. The molecule has 1 unspecified atom stereocenters. The SMILES string of the molecule is Cn1ccnc1C(NC(=O)c1ccc(-n2cnc3ccccc32)cc1)c1ccc(Cl)cc1. The van der Waals surface area contributed by atoms with Gasteiger partial charge in [0, 0.05) is 35.7 Å². The van der Waals surface area contributed by atoms with Gasteiger partial charge in [0.2, 0.25) is 0 Å². The number of halogens is 1. The first-order valence-corrected chi connectivity index (χ1v) is 10.5. The number of para-hydroxylation sites is 2. The van der Waals surface area contributed by atoms with E-state index in [-0.39, 0.29) is 5.91 Å². The van der Waals surface area contributed by atoms with Gasteiger partial charge in [-0.2, -0.15) is 0 Å². The van der Waals surface area contributed by atoms with Gasteiger partial charge >= 0.3 is 0 Å². The van der Waals surface area contributed by atoms with Crippen LogP contribution in [0.15, 0.2) is 91.5 Å². The normalized spacial score (nSPS) is 12.1. The van der Waals surface area contributed by atoms with Crippen molar-refractivity contribution in [3.05, 3.63) is 113 Å². The summed E-state index contributed by atoms with van der Waals surface area (Å²) in [5.74, 6) is 0.553. The predicted molar refractivity (Wildman–Crippen MR) is 125 cm³/mol. The minimum absolute atomic E-state index is 0.185. The number of fused-ring (bicyclic) bond motifs is 1. The van der Waals surface area contributed by atoms with Gasteiger partial charge in [-0.1, -0.05) is 35.9 Å². The number of amides is 1. The molecule has 1 amide bonds. The lowest BCUT2D eigenvalue weighted by Gasteiger charge is -2.19. The summed E-state index contributed by atoms with van der Waals surface area (Å²) in [4.78, 5) is 22.0. The van der Waals surface area contributed by atoms with Gasteiger partial charge in [0.1, 0.15) is 18.2 Å². The molecule has 0 aliphatic carbocycles. The van der Waals surface area contributed by atoms with Crippen molar-refractivity contribution in [2.24, 2.45) is 7.05 Å². The minimum Gasteiger partial charge on any atom is -0.338 e. The Kier molecular flexibility index (Phi) is 5.21. The number of rotatable bonds is 5. The van der Waals surface area contributed by atoms with E-state index in [4.69, 9.17) is 11.6 Å². The molecule has 6 nitrogen and oxygen atoms in total. The van der Waals surface area contributed by atoms with Crippen molar-refractivity contribution in [3.63, 3.8) is 0 Å². The van der Waals surface area contributed by atoms with E-state index in [0.717, 1.165) is 28.1 Å². The van der Waals surface area contributed by atoms with Gasteiger partial charge in [-0.05, 0) is 54.1 Å². The van der Waals surface area contributed by atoms with E-state index < -0.39 is 6.04 Å². The zero-order valence-corrected chi connectivity index (χ0v) is 18.1. The number of aryl methyl sites for hydroxylation is 1. The topological polar surface area (TPSA) is 64.7 Å². The Hall–Kier alpha value is -3.90. The van der Waals surface area contributed by atoms with Crippen molar-refractivity contribution in [2.75, 3.05) is 0 Å². The average molecular weight is 442 g/mol. The van der Waals surface area contributed by atoms with Crippen molar-refractivity contribution < 1.29 is 4.79 Å². The molecule has 5 aromatic rings. The zero-order valence-electron chi connectivity index (χ0n) is 17.3. The highest BCUT2D eigenvalue weighted by atomic mass is 35.5. The Morgan fingerprint density at radius 3 is 2.44 bits per heavy atom. The third-order valence-electron chi connectivity index (χ3n) is 5.46. The van der Waals surface area contributed by atoms with Crippen molar-refractivity contribution in [1.29, 1.82) is 0 Å². The van der Waals surface area contributed by atoms with Crippen LogP contribution in [0.2, 0.25) is 5.02 Å². The van der Waals surface area contributed by atoms with Crippen LogP contribution >= 0.6 is 11.6 Å². The third kappa shape index (κ3) is 3.76. The zero-order chi connectivity index (χ0) is 22.1. The van der Waals surface area contributed by atoms with Crippen molar-refractivity contribution in [2.45, 2.75) is 6.04 Å². The molecule has 0 radical (unpaired) electrons. The number of hydrogen-bond donors (Lipinski definition) is 1. The minimum atomic E-state index is -0.406. The summed E-state index contributed by atoms with van der Waals surface area (Å²) in [5.41, 5.74) is 4.34. The van der Waals surface area contributed by atoms with Crippen LogP contribution in [0.25, 0.3) is 16.7 Å². The largest absolute Gasteiger partial charge is 0.338 e. The average Bonchev–Trinajstić information content (AvgIpc) is 3.44. The first-order valence-electron chi connectivity index (χ1n) is 10.2. The van der Waals surface area contributed by atoms with Crippen LogP contribution in [-0.4, -0.2) is 25.0 Å². The molecule has 0 aliphatic heterocycles. The molecule has 1 atom stereocenters. The quantitative estimate of drug-likeness (QED) is 0.420. The maximum absolute atomic E-state index is 13.1. The number of benzene rings is 3. The molecular formula is C25H20ClN5O. The van der Waals surface area contributed by atoms with Crippen molar-refractivity contribution in [3.8, 4) is 5.69 Å². The Labute approximate surface area is 190 Å². The molecule has 7 heteroatoms. The molecule has 0 fully saturated rings. The lowest BCUT2D eigenvalue weighted by Crippen LogP contribution is -2.31. The van der Waals surface area contributed by atoms with E-state index >= 15 is 0 Å². The van der Waals surface area contributed by atoms with Gasteiger partial charge in [0.25, 0.3) is 5.91 Å². The van der Waals surface area contributed by atoms with E-state index in [2.05, 4.69) is 15.3 Å². The Morgan fingerprint density at radius 2 is 1.72 bits per heavy atom. The molecule has 0 spiro atoms. The smallest absolute Gasteiger partial charge is 0.252 e. The lowest BCUT2D eigenvalue weighted by atomic mass is 10.1. The van der Waals surface area contributed by atoms with Gasteiger partial charge in [0.15, 0.2) is 0 Å². The fourth-order valence-electron chi connectivity index (χ4n) is 3.76. The molecule has 5 rings (SSSR count). The molecule has 32 heavy (non-hydrogen) atoms. The maximum Gasteiger partial charge on any atom is 0.252 e. The molecule has 3 aromatic carbocycles.